The van der Waals surface area contributed by atoms with E-state index in [1.54, 1.807) is 0 Å². The fourth-order valence-electron chi connectivity index (χ4n) is 2.44. The average Bonchev–Trinajstić information content (AvgIpc) is 2.53. The number of nitrogens with two attached hydrogens (primary N) is 1. The third-order valence-electron chi connectivity index (χ3n) is 3.52. The lowest BCUT2D eigenvalue weighted by Crippen LogP contribution is -2.38. The van der Waals surface area contributed by atoms with Crippen LogP contribution in [0.2, 0.25) is 0 Å². The molecule has 0 saturated carbocycles. The molecule has 0 aliphatic carbocycles. The summed E-state index contributed by atoms with van der Waals surface area (Å²) in [5.41, 5.74) is 8.19. The maximum atomic E-state index is 12.0. The second-order valence-electron chi connectivity index (χ2n) is 5.09. The molecule has 2 unspecified atom stereocenters. The monoisotopic (exact) mass is 232 g/mol. The molecule has 0 aromatic heterocycles. The van der Waals surface area contributed by atoms with E-state index >= 15 is 0 Å². The van der Waals surface area contributed by atoms with Crippen LogP contribution < -0.4 is 10.6 Å². The van der Waals surface area contributed by atoms with Crippen LogP contribution in [-0.4, -0.2) is 18.0 Å². The molecule has 1 aliphatic heterocycles. The van der Waals surface area contributed by atoms with E-state index in [1.165, 1.54) is 5.56 Å². The summed E-state index contributed by atoms with van der Waals surface area (Å²) in [5, 5.41) is 0. The van der Waals surface area contributed by atoms with Crippen LogP contribution in [0.15, 0.2) is 24.3 Å². The van der Waals surface area contributed by atoms with E-state index in [0.29, 0.717) is 12.3 Å². The Morgan fingerprint density at radius 3 is 2.53 bits per heavy atom. The molecule has 1 amide bonds. The lowest BCUT2D eigenvalue weighted by atomic mass is 10.00. The van der Waals surface area contributed by atoms with Crippen LogP contribution in [-0.2, 0) is 4.79 Å². The lowest BCUT2D eigenvalue weighted by Gasteiger charge is -2.27. The fraction of sp³-hybridized carbons (Fsp3) is 0.500. The van der Waals surface area contributed by atoms with Gasteiger partial charge in [-0.1, -0.05) is 32.0 Å². The number of amides is 1. The predicted octanol–water partition coefficient (Wildman–Crippen LogP) is 2.26. The number of nitrogens with zero attached hydrogens (tertiary/aromatic N) is 1. The van der Waals surface area contributed by atoms with Crippen LogP contribution >= 0.6 is 0 Å². The van der Waals surface area contributed by atoms with Gasteiger partial charge in [0, 0.05) is 24.2 Å². The molecule has 1 saturated heterocycles. The van der Waals surface area contributed by atoms with Crippen molar-refractivity contribution in [2.24, 2.45) is 5.73 Å². The first-order chi connectivity index (χ1) is 8.02. The second kappa shape index (κ2) is 4.49. The SMILES string of the molecule is CC(C)c1ccccc1N1C(=O)CC(N)C1C. The van der Waals surface area contributed by atoms with Crippen molar-refractivity contribution < 1.29 is 4.79 Å². The van der Waals surface area contributed by atoms with Gasteiger partial charge in [0.15, 0.2) is 0 Å². The van der Waals surface area contributed by atoms with E-state index < -0.39 is 0 Å². The quantitative estimate of drug-likeness (QED) is 0.850. The Hall–Kier alpha value is -1.35. The molecule has 92 valence electrons. The summed E-state index contributed by atoms with van der Waals surface area (Å²) in [4.78, 5) is 13.9. The Bertz CT molecular complexity index is 428. The first-order valence-electron chi connectivity index (χ1n) is 6.19. The topological polar surface area (TPSA) is 46.3 Å². The number of rotatable bonds is 2. The van der Waals surface area contributed by atoms with E-state index in [-0.39, 0.29) is 18.0 Å². The molecule has 0 spiro atoms. The number of carbonyl (C=O) groups excluding carboxylic acids is 1. The minimum atomic E-state index is -0.0530. The van der Waals surface area contributed by atoms with Gasteiger partial charge in [-0.3, -0.25) is 4.79 Å². The molecule has 2 atom stereocenters. The molecular weight excluding hydrogens is 212 g/mol. The molecule has 0 bridgehead atoms. The molecule has 0 radical (unpaired) electrons. The van der Waals surface area contributed by atoms with Gasteiger partial charge in [0.1, 0.15) is 0 Å². The van der Waals surface area contributed by atoms with Crippen molar-refractivity contribution in [3.63, 3.8) is 0 Å². The summed E-state index contributed by atoms with van der Waals surface area (Å²) < 4.78 is 0. The third-order valence-corrected chi connectivity index (χ3v) is 3.52. The minimum absolute atomic E-state index is 0.0530. The van der Waals surface area contributed by atoms with Gasteiger partial charge in [-0.2, -0.15) is 0 Å². The summed E-state index contributed by atoms with van der Waals surface area (Å²) in [5.74, 6) is 0.543. The first-order valence-corrected chi connectivity index (χ1v) is 6.19. The maximum Gasteiger partial charge on any atom is 0.228 e. The Labute approximate surface area is 103 Å². The number of hydrogen-bond acceptors (Lipinski definition) is 2. The Kier molecular flexibility index (Phi) is 3.20. The Balaban J connectivity index is 2.43. The van der Waals surface area contributed by atoms with Gasteiger partial charge in [-0.05, 0) is 24.5 Å². The molecule has 1 heterocycles. The van der Waals surface area contributed by atoms with Crippen molar-refractivity contribution in [2.45, 2.75) is 45.2 Å². The van der Waals surface area contributed by atoms with Gasteiger partial charge in [0.05, 0.1) is 0 Å². The average molecular weight is 232 g/mol. The van der Waals surface area contributed by atoms with Crippen molar-refractivity contribution >= 4 is 11.6 Å². The highest BCUT2D eigenvalue weighted by molar-refractivity contribution is 5.97. The van der Waals surface area contributed by atoms with Crippen LogP contribution in [0.4, 0.5) is 5.69 Å². The van der Waals surface area contributed by atoms with E-state index in [0.717, 1.165) is 5.69 Å². The number of anilines is 1. The zero-order valence-electron chi connectivity index (χ0n) is 10.7. The highest BCUT2D eigenvalue weighted by Gasteiger charge is 2.36. The van der Waals surface area contributed by atoms with E-state index in [4.69, 9.17) is 5.73 Å². The van der Waals surface area contributed by atoms with Crippen LogP contribution in [0, 0.1) is 0 Å². The standard InChI is InChI=1S/C14H20N2O/c1-9(2)11-6-4-5-7-13(11)16-10(3)12(15)8-14(16)17/h4-7,9-10,12H,8,15H2,1-3H3. The summed E-state index contributed by atoms with van der Waals surface area (Å²) >= 11 is 0. The molecule has 3 nitrogen and oxygen atoms in total. The number of para-hydroxylation sites is 1. The molecule has 2 rings (SSSR count). The van der Waals surface area contributed by atoms with Crippen LogP contribution in [0.1, 0.15) is 38.7 Å². The summed E-state index contributed by atoms with van der Waals surface area (Å²) in [6.45, 7) is 6.31. The first kappa shape index (κ1) is 12.1. The van der Waals surface area contributed by atoms with Crippen LogP contribution in [0.3, 0.4) is 0 Å². The molecule has 1 aromatic carbocycles. The van der Waals surface area contributed by atoms with Crippen LogP contribution in [0.5, 0.6) is 0 Å². The van der Waals surface area contributed by atoms with Crippen molar-refractivity contribution in [2.75, 3.05) is 4.90 Å². The van der Waals surface area contributed by atoms with Gasteiger partial charge in [0.25, 0.3) is 0 Å². The second-order valence-corrected chi connectivity index (χ2v) is 5.09. The third kappa shape index (κ3) is 2.07. The van der Waals surface area contributed by atoms with Gasteiger partial charge in [0.2, 0.25) is 5.91 Å². The molecule has 1 aromatic rings. The lowest BCUT2D eigenvalue weighted by molar-refractivity contribution is -0.117. The summed E-state index contributed by atoms with van der Waals surface area (Å²) in [6.07, 6.45) is 0.452. The van der Waals surface area contributed by atoms with Crippen molar-refractivity contribution in [3.05, 3.63) is 29.8 Å². The molecule has 1 fully saturated rings. The summed E-state index contributed by atoms with van der Waals surface area (Å²) in [7, 11) is 0. The summed E-state index contributed by atoms with van der Waals surface area (Å²) in [6, 6.07) is 8.13. The normalized spacial score (nSPS) is 24.8. The van der Waals surface area contributed by atoms with E-state index in [1.807, 2.05) is 30.0 Å². The fourth-order valence-corrected chi connectivity index (χ4v) is 2.44. The highest BCUT2D eigenvalue weighted by atomic mass is 16.2. The smallest absolute Gasteiger partial charge is 0.228 e. The molecule has 2 N–H and O–H groups in total. The van der Waals surface area contributed by atoms with Crippen molar-refractivity contribution in [1.29, 1.82) is 0 Å². The Morgan fingerprint density at radius 2 is 2.00 bits per heavy atom. The molecular formula is C14H20N2O. The number of benzene rings is 1. The molecule has 3 heteroatoms. The van der Waals surface area contributed by atoms with E-state index in [9.17, 15) is 4.79 Å². The Morgan fingerprint density at radius 1 is 1.35 bits per heavy atom. The zero-order chi connectivity index (χ0) is 12.6. The minimum Gasteiger partial charge on any atom is -0.325 e. The highest BCUT2D eigenvalue weighted by Crippen LogP contribution is 2.32. The number of carbonyl (C=O) groups is 1. The van der Waals surface area contributed by atoms with Crippen molar-refractivity contribution in [3.8, 4) is 0 Å². The van der Waals surface area contributed by atoms with E-state index in [2.05, 4.69) is 19.9 Å². The zero-order valence-corrected chi connectivity index (χ0v) is 10.7. The number of hydrogen-bond donors (Lipinski definition) is 1. The maximum absolute atomic E-state index is 12.0. The van der Waals surface area contributed by atoms with Crippen molar-refractivity contribution in [1.82, 2.24) is 0 Å². The van der Waals surface area contributed by atoms with Gasteiger partial charge in [-0.15, -0.1) is 0 Å². The van der Waals surface area contributed by atoms with Crippen LogP contribution in [0.25, 0.3) is 0 Å². The largest absolute Gasteiger partial charge is 0.325 e. The predicted molar refractivity (Wildman–Crippen MR) is 70.1 cm³/mol. The van der Waals surface area contributed by atoms with Gasteiger partial charge < -0.3 is 10.6 Å². The molecule has 17 heavy (non-hydrogen) atoms. The van der Waals surface area contributed by atoms with Gasteiger partial charge in [-0.25, -0.2) is 0 Å². The molecule has 1 aliphatic rings. The van der Waals surface area contributed by atoms with Gasteiger partial charge >= 0.3 is 0 Å².